The highest BCUT2D eigenvalue weighted by molar-refractivity contribution is 5.75. The van der Waals surface area contributed by atoms with E-state index in [2.05, 4.69) is 0 Å². The van der Waals surface area contributed by atoms with Crippen LogP contribution in [0.2, 0.25) is 0 Å². The van der Waals surface area contributed by atoms with Gasteiger partial charge in [0.25, 0.3) is 0 Å². The van der Waals surface area contributed by atoms with Crippen molar-refractivity contribution in [2.45, 2.75) is 57.6 Å². The van der Waals surface area contributed by atoms with Crippen LogP contribution in [0.4, 0.5) is 0 Å². The van der Waals surface area contributed by atoms with Crippen molar-refractivity contribution in [3.63, 3.8) is 0 Å². The van der Waals surface area contributed by atoms with Crippen LogP contribution in [-0.2, 0) is 9.53 Å². The lowest BCUT2D eigenvalue weighted by molar-refractivity contribution is -0.162. The summed E-state index contributed by atoms with van der Waals surface area (Å²) in [6, 6.07) is -0.501. The smallest absolute Gasteiger partial charge is 0.323 e. The summed E-state index contributed by atoms with van der Waals surface area (Å²) in [5.74, 6) is -0.274. The highest BCUT2D eigenvalue weighted by Crippen LogP contribution is 2.31. The minimum atomic E-state index is -0.501. The molecular weight excluding hydrogens is 166 g/mol. The van der Waals surface area contributed by atoms with Gasteiger partial charge in [-0.1, -0.05) is 6.42 Å². The number of nitrogens with two attached hydrogens (primary N) is 1. The summed E-state index contributed by atoms with van der Waals surface area (Å²) < 4.78 is 5.38. The van der Waals surface area contributed by atoms with Crippen molar-refractivity contribution >= 4 is 5.97 Å². The maximum atomic E-state index is 11.3. The standard InChI is InChI=1S/C10H19NO2/c1-8(11)9(12)13-10(2)6-4-3-5-7-10/h8H,3-7,11H2,1-2H3/t8-/m0/s1. The second-order valence-electron chi connectivity index (χ2n) is 4.22. The van der Waals surface area contributed by atoms with Gasteiger partial charge in [0.15, 0.2) is 0 Å². The fourth-order valence-electron chi connectivity index (χ4n) is 1.74. The lowest BCUT2D eigenvalue weighted by atomic mass is 9.86. The summed E-state index contributed by atoms with van der Waals surface area (Å²) in [7, 11) is 0. The molecule has 1 saturated carbocycles. The van der Waals surface area contributed by atoms with Gasteiger partial charge < -0.3 is 10.5 Å². The van der Waals surface area contributed by atoms with Crippen molar-refractivity contribution in [2.75, 3.05) is 0 Å². The molecule has 13 heavy (non-hydrogen) atoms. The summed E-state index contributed by atoms with van der Waals surface area (Å²) in [6.07, 6.45) is 5.52. The van der Waals surface area contributed by atoms with E-state index in [0.29, 0.717) is 0 Å². The van der Waals surface area contributed by atoms with Crippen molar-refractivity contribution in [3.8, 4) is 0 Å². The second-order valence-corrected chi connectivity index (χ2v) is 4.22. The minimum absolute atomic E-state index is 0.247. The van der Waals surface area contributed by atoms with Gasteiger partial charge in [0.05, 0.1) is 0 Å². The van der Waals surface area contributed by atoms with E-state index in [1.165, 1.54) is 6.42 Å². The number of carbonyl (C=O) groups is 1. The first-order valence-electron chi connectivity index (χ1n) is 5.02. The fourth-order valence-corrected chi connectivity index (χ4v) is 1.74. The Balaban J connectivity index is 2.45. The third-order valence-electron chi connectivity index (χ3n) is 2.63. The Morgan fingerprint density at radius 1 is 1.38 bits per heavy atom. The molecule has 0 aliphatic heterocycles. The Labute approximate surface area is 79.6 Å². The first-order valence-corrected chi connectivity index (χ1v) is 5.02. The molecule has 1 aliphatic carbocycles. The molecule has 0 aromatic heterocycles. The van der Waals surface area contributed by atoms with Gasteiger partial charge in [-0.05, 0) is 39.5 Å². The molecule has 0 bridgehead atoms. The molecule has 76 valence electrons. The normalized spacial score (nSPS) is 23.6. The van der Waals surface area contributed by atoms with Crippen LogP contribution in [0, 0.1) is 0 Å². The Morgan fingerprint density at radius 2 is 1.92 bits per heavy atom. The Hall–Kier alpha value is -0.570. The Morgan fingerprint density at radius 3 is 2.38 bits per heavy atom. The quantitative estimate of drug-likeness (QED) is 0.665. The lowest BCUT2D eigenvalue weighted by Gasteiger charge is -2.33. The van der Waals surface area contributed by atoms with Crippen LogP contribution in [0.1, 0.15) is 46.0 Å². The van der Waals surface area contributed by atoms with Crippen LogP contribution < -0.4 is 5.73 Å². The number of ether oxygens (including phenoxy) is 1. The van der Waals surface area contributed by atoms with Crippen LogP contribution in [-0.4, -0.2) is 17.6 Å². The third-order valence-corrected chi connectivity index (χ3v) is 2.63. The van der Waals surface area contributed by atoms with Crippen molar-refractivity contribution in [2.24, 2.45) is 5.73 Å². The van der Waals surface area contributed by atoms with Crippen molar-refractivity contribution in [1.82, 2.24) is 0 Å². The Kier molecular flexibility index (Phi) is 3.31. The molecule has 0 aromatic rings. The van der Waals surface area contributed by atoms with Crippen molar-refractivity contribution in [3.05, 3.63) is 0 Å². The zero-order chi connectivity index (χ0) is 9.90. The average molecular weight is 185 g/mol. The van der Waals surface area contributed by atoms with E-state index < -0.39 is 6.04 Å². The number of carbonyl (C=O) groups excluding carboxylic acids is 1. The maximum absolute atomic E-state index is 11.3. The predicted octanol–water partition coefficient (Wildman–Crippen LogP) is 1.60. The fraction of sp³-hybridized carbons (Fsp3) is 0.900. The van der Waals surface area contributed by atoms with E-state index in [4.69, 9.17) is 10.5 Å². The molecule has 1 rings (SSSR count). The molecule has 0 heterocycles. The molecule has 0 spiro atoms. The van der Waals surface area contributed by atoms with Gasteiger partial charge >= 0.3 is 5.97 Å². The van der Waals surface area contributed by atoms with E-state index >= 15 is 0 Å². The molecule has 1 aliphatic rings. The molecule has 0 saturated heterocycles. The number of hydrogen-bond acceptors (Lipinski definition) is 3. The molecule has 1 atom stereocenters. The van der Waals surface area contributed by atoms with E-state index in [1.807, 2.05) is 6.92 Å². The molecular formula is C10H19NO2. The molecule has 2 N–H and O–H groups in total. The first kappa shape index (κ1) is 10.5. The van der Waals surface area contributed by atoms with E-state index in [9.17, 15) is 4.79 Å². The molecule has 1 fully saturated rings. The van der Waals surface area contributed by atoms with Crippen LogP contribution in [0.5, 0.6) is 0 Å². The molecule has 0 radical (unpaired) electrons. The molecule has 3 heteroatoms. The van der Waals surface area contributed by atoms with Crippen LogP contribution in [0.15, 0.2) is 0 Å². The molecule has 0 amide bonds. The van der Waals surface area contributed by atoms with Gasteiger partial charge in [-0.3, -0.25) is 4.79 Å². The van der Waals surface area contributed by atoms with E-state index in [0.717, 1.165) is 25.7 Å². The van der Waals surface area contributed by atoms with Gasteiger partial charge in [0.2, 0.25) is 0 Å². The summed E-state index contributed by atoms with van der Waals surface area (Å²) in [5, 5.41) is 0. The first-order chi connectivity index (χ1) is 6.03. The van der Waals surface area contributed by atoms with Gasteiger partial charge in [-0.15, -0.1) is 0 Å². The molecule has 0 unspecified atom stereocenters. The van der Waals surface area contributed by atoms with Crippen molar-refractivity contribution in [1.29, 1.82) is 0 Å². The lowest BCUT2D eigenvalue weighted by Crippen LogP contribution is -2.39. The maximum Gasteiger partial charge on any atom is 0.323 e. The Bertz CT molecular complexity index is 183. The third kappa shape index (κ3) is 2.99. The predicted molar refractivity (Wildman–Crippen MR) is 51.2 cm³/mol. The van der Waals surface area contributed by atoms with Crippen LogP contribution in [0.25, 0.3) is 0 Å². The SMILES string of the molecule is C[C@H](N)C(=O)OC1(C)CCCCC1. The zero-order valence-corrected chi connectivity index (χ0v) is 8.51. The van der Waals surface area contributed by atoms with Gasteiger partial charge in [-0.2, -0.15) is 0 Å². The minimum Gasteiger partial charge on any atom is -0.458 e. The van der Waals surface area contributed by atoms with Crippen LogP contribution >= 0.6 is 0 Å². The average Bonchev–Trinajstić information content (AvgIpc) is 2.04. The monoisotopic (exact) mass is 185 g/mol. The molecule has 0 aromatic carbocycles. The van der Waals surface area contributed by atoms with E-state index in [1.54, 1.807) is 6.92 Å². The van der Waals surface area contributed by atoms with Crippen molar-refractivity contribution < 1.29 is 9.53 Å². The summed E-state index contributed by atoms with van der Waals surface area (Å²) in [4.78, 5) is 11.3. The van der Waals surface area contributed by atoms with Crippen LogP contribution in [0.3, 0.4) is 0 Å². The van der Waals surface area contributed by atoms with Gasteiger partial charge in [0, 0.05) is 0 Å². The summed E-state index contributed by atoms with van der Waals surface area (Å²) in [6.45, 7) is 3.67. The zero-order valence-electron chi connectivity index (χ0n) is 8.51. The van der Waals surface area contributed by atoms with E-state index in [-0.39, 0.29) is 11.6 Å². The summed E-state index contributed by atoms with van der Waals surface area (Å²) in [5.41, 5.74) is 5.19. The highest BCUT2D eigenvalue weighted by Gasteiger charge is 2.31. The molecule has 3 nitrogen and oxygen atoms in total. The van der Waals surface area contributed by atoms with Gasteiger partial charge in [0.1, 0.15) is 11.6 Å². The highest BCUT2D eigenvalue weighted by atomic mass is 16.6. The summed E-state index contributed by atoms with van der Waals surface area (Å²) >= 11 is 0. The van der Waals surface area contributed by atoms with Gasteiger partial charge in [-0.25, -0.2) is 0 Å². The second kappa shape index (κ2) is 4.09. The topological polar surface area (TPSA) is 52.3 Å². The largest absolute Gasteiger partial charge is 0.458 e. The number of rotatable bonds is 2. The number of hydrogen-bond donors (Lipinski definition) is 1. The number of esters is 1.